The van der Waals surface area contributed by atoms with Crippen LogP contribution in [0.2, 0.25) is 0 Å². The predicted molar refractivity (Wildman–Crippen MR) is 77.3 cm³/mol. The van der Waals surface area contributed by atoms with E-state index in [1.807, 2.05) is 12.1 Å². The Morgan fingerprint density at radius 2 is 2.22 bits per heavy atom. The van der Waals surface area contributed by atoms with Gasteiger partial charge in [-0.1, -0.05) is 19.1 Å². The van der Waals surface area contributed by atoms with Gasteiger partial charge in [0.15, 0.2) is 0 Å². The molecule has 0 fully saturated rings. The van der Waals surface area contributed by atoms with Crippen LogP contribution >= 0.6 is 11.8 Å². The van der Waals surface area contributed by atoms with Gasteiger partial charge in [-0.05, 0) is 31.5 Å². The van der Waals surface area contributed by atoms with E-state index in [1.165, 1.54) is 6.07 Å². The van der Waals surface area contributed by atoms with Gasteiger partial charge >= 0.3 is 0 Å². The molecular weight excluding hydrogens is 245 g/mol. The van der Waals surface area contributed by atoms with Crippen LogP contribution in [-0.4, -0.2) is 18.3 Å². The first-order valence-electron chi connectivity index (χ1n) is 6.32. The summed E-state index contributed by atoms with van der Waals surface area (Å²) in [7, 11) is 0. The molecule has 0 heterocycles. The van der Waals surface area contributed by atoms with Crippen LogP contribution < -0.4 is 5.32 Å². The van der Waals surface area contributed by atoms with Gasteiger partial charge in [0.2, 0.25) is 0 Å². The van der Waals surface area contributed by atoms with Gasteiger partial charge in [0.05, 0.1) is 0 Å². The fraction of sp³-hybridized carbons (Fsp3) is 0.467. The number of hydrogen-bond acceptors (Lipinski definition) is 2. The highest BCUT2D eigenvalue weighted by molar-refractivity contribution is 7.99. The second-order valence-corrected chi connectivity index (χ2v) is 5.15. The average Bonchev–Trinajstić information content (AvgIpc) is 2.38. The Bertz CT molecular complexity index is 386. The SMILES string of the molecule is C#CCCCC(CSc1ccccc1F)NCC. The molecule has 98 valence electrons. The number of unbranched alkanes of at least 4 members (excludes halogenated alkanes) is 1. The third-order valence-electron chi connectivity index (χ3n) is 2.64. The summed E-state index contributed by atoms with van der Waals surface area (Å²) in [5.41, 5.74) is 0. The second-order valence-electron chi connectivity index (χ2n) is 4.09. The molecule has 1 rings (SSSR count). The Kier molecular flexibility index (Phi) is 7.55. The highest BCUT2D eigenvalue weighted by atomic mass is 32.2. The number of benzene rings is 1. The van der Waals surface area contributed by atoms with Crippen LogP contribution in [0.1, 0.15) is 26.2 Å². The monoisotopic (exact) mass is 265 g/mol. The van der Waals surface area contributed by atoms with Crippen LogP contribution in [0.5, 0.6) is 0 Å². The summed E-state index contributed by atoms with van der Waals surface area (Å²) in [4.78, 5) is 0.720. The predicted octanol–water partition coefficient (Wildman–Crippen LogP) is 3.70. The molecule has 18 heavy (non-hydrogen) atoms. The molecule has 0 saturated carbocycles. The summed E-state index contributed by atoms with van der Waals surface area (Å²) in [6.45, 7) is 3.01. The largest absolute Gasteiger partial charge is 0.313 e. The van der Waals surface area contributed by atoms with E-state index in [0.29, 0.717) is 6.04 Å². The fourth-order valence-electron chi connectivity index (χ4n) is 1.74. The normalized spacial score (nSPS) is 12.1. The first-order chi connectivity index (χ1) is 8.77. The highest BCUT2D eigenvalue weighted by Crippen LogP contribution is 2.22. The van der Waals surface area contributed by atoms with E-state index in [9.17, 15) is 4.39 Å². The Morgan fingerprint density at radius 1 is 1.44 bits per heavy atom. The van der Waals surface area contributed by atoms with Crippen molar-refractivity contribution >= 4 is 11.8 Å². The summed E-state index contributed by atoms with van der Waals surface area (Å²) in [5, 5.41) is 3.42. The molecule has 1 unspecified atom stereocenters. The van der Waals surface area contributed by atoms with Crippen molar-refractivity contribution < 1.29 is 4.39 Å². The second kappa shape index (κ2) is 9.02. The van der Waals surface area contributed by atoms with Crippen LogP contribution in [0.15, 0.2) is 29.2 Å². The van der Waals surface area contributed by atoms with E-state index < -0.39 is 0 Å². The highest BCUT2D eigenvalue weighted by Gasteiger charge is 2.09. The lowest BCUT2D eigenvalue weighted by Gasteiger charge is -2.17. The molecule has 0 radical (unpaired) electrons. The Hall–Kier alpha value is -0.980. The Labute approximate surface area is 114 Å². The van der Waals surface area contributed by atoms with Crippen LogP contribution in [0.4, 0.5) is 4.39 Å². The quantitative estimate of drug-likeness (QED) is 0.437. The van der Waals surface area contributed by atoms with Gasteiger partial charge in [-0.2, -0.15) is 0 Å². The van der Waals surface area contributed by atoms with E-state index >= 15 is 0 Å². The van der Waals surface area contributed by atoms with Crippen molar-refractivity contribution in [3.8, 4) is 12.3 Å². The van der Waals surface area contributed by atoms with Gasteiger partial charge in [-0.15, -0.1) is 24.1 Å². The summed E-state index contributed by atoms with van der Waals surface area (Å²) in [6, 6.07) is 7.31. The molecule has 0 aromatic heterocycles. The molecule has 0 aliphatic heterocycles. The molecule has 0 aliphatic rings. The summed E-state index contributed by atoms with van der Waals surface area (Å²) < 4.78 is 13.5. The molecule has 0 bridgehead atoms. The van der Waals surface area contributed by atoms with Crippen LogP contribution in [0, 0.1) is 18.2 Å². The molecule has 3 heteroatoms. The van der Waals surface area contributed by atoms with Crippen molar-refractivity contribution in [2.24, 2.45) is 0 Å². The molecule has 0 amide bonds. The number of halogens is 1. The molecular formula is C15H20FNS. The van der Waals surface area contributed by atoms with Crippen molar-refractivity contribution in [3.05, 3.63) is 30.1 Å². The number of thioether (sulfide) groups is 1. The maximum absolute atomic E-state index is 13.5. The average molecular weight is 265 g/mol. The maximum atomic E-state index is 13.5. The minimum atomic E-state index is -0.138. The third kappa shape index (κ3) is 5.57. The van der Waals surface area contributed by atoms with Gasteiger partial charge in [0, 0.05) is 23.1 Å². The zero-order valence-corrected chi connectivity index (χ0v) is 11.6. The van der Waals surface area contributed by atoms with Gasteiger partial charge in [0.25, 0.3) is 0 Å². The zero-order chi connectivity index (χ0) is 13.2. The standard InChI is InChI=1S/C15H20FNS/c1-3-5-6-9-13(17-4-2)12-18-15-11-8-7-10-14(15)16/h1,7-8,10-11,13,17H,4-6,9,12H2,2H3. The van der Waals surface area contributed by atoms with Crippen LogP contribution in [-0.2, 0) is 0 Å². The number of nitrogens with one attached hydrogen (secondary N) is 1. The fourth-order valence-corrected chi connectivity index (χ4v) is 2.78. The van der Waals surface area contributed by atoms with E-state index in [1.54, 1.807) is 17.8 Å². The van der Waals surface area contributed by atoms with Crippen LogP contribution in [0.3, 0.4) is 0 Å². The van der Waals surface area contributed by atoms with Gasteiger partial charge in [-0.25, -0.2) is 4.39 Å². The molecule has 1 atom stereocenters. The van der Waals surface area contributed by atoms with Crippen molar-refractivity contribution in [2.45, 2.75) is 37.1 Å². The van der Waals surface area contributed by atoms with E-state index in [-0.39, 0.29) is 5.82 Å². The molecule has 0 aliphatic carbocycles. The Morgan fingerprint density at radius 3 is 2.89 bits per heavy atom. The van der Waals surface area contributed by atoms with Crippen molar-refractivity contribution in [3.63, 3.8) is 0 Å². The first kappa shape index (κ1) is 15.1. The van der Waals surface area contributed by atoms with E-state index in [2.05, 4.69) is 18.2 Å². The van der Waals surface area contributed by atoms with Gasteiger partial charge in [-0.3, -0.25) is 0 Å². The van der Waals surface area contributed by atoms with Crippen molar-refractivity contribution in [2.75, 3.05) is 12.3 Å². The minimum absolute atomic E-state index is 0.138. The number of rotatable bonds is 8. The number of hydrogen-bond donors (Lipinski definition) is 1. The smallest absolute Gasteiger partial charge is 0.136 e. The molecule has 1 aromatic rings. The molecule has 1 nitrogen and oxygen atoms in total. The van der Waals surface area contributed by atoms with E-state index in [0.717, 1.165) is 36.5 Å². The lowest BCUT2D eigenvalue weighted by Crippen LogP contribution is -2.31. The summed E-state index contributed by atoms with van der Waals surface area (Å²) >= 11 is 1.56. The van der Waals surface area contributed by atoms with E-state index in [4.69, 9.17) is 6.42 Å². The first-order valence-corrected chi connectivity index (χ1v) is 7.30. The third-order valence-corrected chi connectivity index (χ3v) is 3.85. The topological polar surface area (TPSA) is 12.0 Å². The number of terminal acetylenes is 1. The molecule has 0 spiro atoms. The molecule has 1 aromatic carbocycles. The van der Waals surface area contributed by atoms with Gasteiger partial charge in [0.1, 0.15) is 5.82 Å². The molecule has 0 saturated heterocycles. The minimum Gasteiger partial charge on any atom is -0.313 e. The lowest BCUT2D eigenvalue weighted by molar-refractivity contribution is 0.522. The van der Waals surface area contributed by atoms with Gasteiger partial charge < -0.3 is 5.32 Å². The van der Waals surface area contributed by atoms with Crippen molar-refractivity contribution in [1.82, 2.24) is 5.32 Å². The van der Waals surface area contributed by atoms with Crippen molar-refractivity contribution in [1.29, 1.82) is 0 Å². The lowest BCUT2D eigenvalue weighted by atomic mass is 10.1. The zero-order valence-electron chi connectivity index (χ0n) is 10.8. The molecule has 1 N–H and O–H groups in total. The van der Waals surface area contributed by atoms with Crippen LogP contribution in [0.25, 0.3) is 0 Å². The maximum Gasteiger partial charge on any atom is 0.136 e. The summed E-state index contributed by atoms with van der Waals surface area (Å²) in [6.07, 6.45) is 8.12. The summed E-state index contributed by atoms with van der Waals surface area (Å²) in [5.74, 6) is 3.39. The Balaban J connectivity index is 2.41.